The normalized spacial score (nSPS) is 47.0. The van der Waals surface area contributed by atoms with Crippen LogP contribution >= 0.6 is 0 Å². The van der Waals surface area contributed by atoms with Crippen LogP contribution in [0.2, 0.25) is 0 Å². The van der Waals surface area contributed by atoms with E-state index in [1.807, 2.05) is 26.0 Å². The Hall–Kier alpha value is -1.12. The number of carbonyl (C=O) groups is 2. The summed E-state index contributed by atoms with van der Waals surface area (Å²) < 4.78 is 4.77. The van der Waals surface area contributed by atoms with Crippen LogP contribution in [0.25, 0.3) is 0 Å². The van der Waals surface area contributed by atoms with Crippen LogP contribution in [-0.4, -0.2) is 11.9 Å². The summed E-state index contributed by atoms with van der Waals surface area (Å²) >= 11 is 0. The maximum Gasteiger partial charge on any atom is 0.321 e. The summed E-state index contributed by atoms with van der Waals surface area (Å²) in [6.45, 7) is 4.00. The third-order valence-corrected chi connectivity index (χ3v) is 4.70. The van der Waals surface area contributed by atoms with E-state index < -0.39 is 10.8 Å². The van der Waals surface area contributed by atoms with Gasteiger partial charge in [-0.1, -0.05) is 26.0 Å². The molecular weight excluding hydrogens is 180 g/mol. The number of carbonyl (C=O) groups excluding carboxylic acids is 2. The minimum Gasteiger partial charge on any atom is -0.392 e. The summed E-state index contributed by atoms with van der Waals surface area (Å²) in [6, 6.07) is 0. The van der Waals surface area contributed by atoms with Crippen molar-refractivity contribution in [1.29, 1.82) is 0 Å². The highest BCUT2D eigenvalue weighted by Gasteiger charge is 2.93. The lowest BCUT2D eigenvalue weighted by Crippen LogP contribution is -2.22. The smallest absolute Gasteiger partial charge is 0.321 e. The number of rotatable bonds is 0. The van der Waals surface area contributed by atoms with Gasteiger partial charge in [-0.05, 0) is 18.3 Å². The third kappa shape index (κ3) is 0.445. The Labute approximate surface area is 82.1 Å². The molecule has 74 valence electrons. The van der Waals surface area contributed by atoms with Crippen molar-refractivity contribution in [3.05, 3.63) is 12.2 Å². The van der Waals surface area contributed by atoms with Crippen LogP contribution in [0, 0.1) is 16.2 Å². The van der Waals surface area contributed by atoms with Gasteiger partial charge in [-0.2, -0.15) is 0 Å². The van der Waals surface area contributed by atoms with Crippen LogP contribution in [-0.2, 0) is 14.3 Å². The van der Waals surface area contributed by atoms with Gasteiger partial charge in [0.2, 0.25) is 0 Å². The predicted molar refractivity (Wildman–Crippen MR) is 48.1 cm³/mol. The number of hydrogen-bond acceptors (Lipinski definition) is 3. The van der Waals surface area contributed by atoms with Crippen LogP contribution < -0.4 is 0 Å². The summed E-state index contributed by atoms with van der Waals surface area (Å²) in [5.41, 5.74) is -1.30. The van der Waals surface area contributed by atoms with E-state index in [2.05, 4.69) is 0 Å². The van der Waals surface area contributed by atoms with Crippen LogP contribution in [0.4, 0.5) is 0 Å². The van der Waals surface area contributed by atoms with Crippen LogP contribution in [0.1, 0.15) is 26.7 Å². The lowest BCUT2D eigenvalue weighted by atomic mass is 9.85. The van der Waals surface area contributed by atoms with Crippen molar-refractivity contribution < 1.29 is 14.3 Å². The molecule has 0 bridgehead atoms. The Morgan fingerprint density at radius 2 is 1.50 bits per heavy atom. The molecule has 2 aliphatic carbocycles. The maximum absolute atomic E-state index is 11.7. The molecular formula is C11H12O3. The van der Waals surface area contributed by atoms with Gasteiger partial charge in [0.05, 0.1) is 10.8 Å². The summed E-state index contributed by atoms with van der Waals surface area (Å²) in [4.78, 5) is 23.4. The SMILES string of the molecule is CC1(C)C23CC=CCC12C(=O)OC3=O. The van der Waals surface area contributed by atoms with Gasteiger partial charge >= 0.3 is 11.9 Å². The predicted octanol–water partition coefficient (Wildman–Crippen LogP) is 1.43. The fourth-order valence-corrected chi connectivity index (χ4v) is 3.72. The van der Waals surface area contributed by atoms with Crippen molar-refractivity contribution in [3.63, 3.8) is 0 Å². The van der Waals surface area contributed by atoms with Crippen molar-refractivity contribution in [2.45, 2.75) is 26.7 Å². The van der Waals surface area contributed by atoms with E-state index in [0.717, 1.165) is 0 Å². The summed E-state index contributed by atoms with van der Waals surface area (Å²) in [7, 11) is 0. The molecule has 2 fully saturated rings. The van der Waals surface area contributed by atoms with Gasteiger partial charge < -0.3 is 4.74 Å². The fraction of sp³-hybridized carbons (Fsp3) is 0.636. The monoisotopic (exact) mass is 192 g/mol. The Balaban J connectivity index is 2.25. The summed E-state index contributed by atoms with van der Waals surface area (Å²) in [6.07, 6.45) is 5.30. The molecule has 3 nitrogen and oxygen atoms in total. The van der Waals surface area contributed by atoms with Gasteiger partial charge in [-0.3, -0.25) is 9.59 Å². The van der Waals surface area contributed by atoms with Gasteiger partial charge in [-0.15, -0.1) is 0 Å². The standard InChI is InChI=1S/C11H12O3/c1-9(2)10-5-3-4-6-11(9,10)8(13)14-7(10)12/h3-4H,5-6H2,1-2H3. The van der Waals surface area contributed by atoms with Crippen molar-refractivity contribution in [2.24, 2.45) is 16.2 Å². The molecule has 0 amide bonds. The Bertz CT molecular complexity index is 359. The molecule has 3 rings (SSSR count). The van der Waals surface area contributed by atoms with E-state index in [9.17, 15) is 9.59 Å². The summed E-state index contributed by atoms with van der Waals surface area (Å²) in [5.74, 6) is -0.617. The van der Waals surface area contributed by atoms with E-state index in [1.54, 1.807) is 0 Å². The molecule has 3 heteroatoms. The molecule has 0 spiro atoms. The Morgan fingerprint density at radius 1 is 1.07 bits per heavy atom. The molecule has 0 aromatic carbocycles. The molecule has 1 heterocycles. The van der Waals surface area contributed by atoms with E-state index in [1.165, 1.54) is 0 Å². The van der Waals surface area contributed by atoms with Gasteiger partial charge in [0.25, 0.3) is 0 Å². The Kier molecular flexibility index (Phi) is 1.06. The zero-order valence-corrected chi connectivity index (χ0v) is 8.29. The zero-order valence-electron chi connectivity index (χ0n) is 8.29. The van der Waals surface area contributed by atoms with Crippen LogP contribution in [0.3, 0.4) is 0 Å². The highest BCUT2D eigenvalue weighted by molar-refractivity contribution is 6.09. The first-order valence-corrected chi connectivity index (χ1v) is 4.92. The molecule has 14 heavy (non-hydrogen) atoms. The number of allylic oxidation sites excluding steroid dienone is 2. The molecule has 1 aliphatic heterocycles. The topological polar surface area (TPSA) is 43.4 Å². The number of ether oxygens (including phenoxy) is 1. The first kappa shape index (κ1) is 8.21. The van der Waals surface area contributed by atoms with Gasteiger partial charge in [0.15, 0.2) is 0 Å². The first-order chi connectivity index (χ1) is 6.51. The average Bonchev–Trinajstić information content (AvgIpc) is 2.48. The maximum atomic E-state index is 11.7. The second-order valence-corrected chi connectivity index (χ2v) is 4.99. The van der Waals surface area contributed by atoms with Gasteiger partial charge in [0.1, 0.15) is 0 Å². The van der Waals surface area contributed by atoms with E-state index in [-0.39, 0.29) is 17.4 Å². The molecule has 0 aromatic heterocycles. The number of esters is 2. The lowest BCUT2D eigenvalue weighted by molar-refractivity contribution is -0.160. The molecule has 2 atom stereocenters. The summed E-state index contributed by atoms with van der Waals surface area (Å²) in [5, 5.41) is 0. The van der Waals surface area contributed by atoms with Crippen molar-refractivity contribution >= 4 is 11.9 Å². The van der Waals surface area contributed by atoms with E-state index >= 15 is 0 Å². The highest BCUT2D eigenvalue weighted by atomic mass is 16.6. The van der Waals surface area contributed by atoms with Crippen molar-refractivity contribution in [3.8, 4) is 0 Å². The molecule has 1 saturated carbocycles. The second-order valence-electron chi connectivity index (χ2n) is 4.99. The lowest BCUT2D eigenvalue weighted by Gasteiger charge is -2.13. The molecule has 0 N–H and O–H groups in total. The van der Waals surface area contributed by atoms with E-state index in [4.69, 9.17) is 4.74 Å². The van der Waals surface area contributed by atoms with Crippen molar-refractivity contribution in [1.82, 2.24) is 0 Å². The molecule has 3 aliphatic rings. The number of cyclic esters (lactones) is 2. The highest BCUT2D eigenvalue weighted by Crippen LogP contribution is 2.85. The average molecular weight is 192 g/mol. The zero-order chi connectivity index (χ0) is 10.2. The molecule has 0 radical (unpaired) electrons. The Morgan fingerprint density at radius 3 is 1.93 bits per heavy atom. The van der Waals surface area contributed by atoms with Gasteiger partial charge in [-0.25, -0.2) is 0 Å². The fourth-order valence-electron chi connectivity index (χ4n) is 3.72. The van der Waals surface area contributed by atoms with E-state index in [0.29, 0.717) is 12.8 Å². The minimum atomic E-state index is -0.536. The number of hydrogen-bond donors (Lipinski definition) is 0. The third-order valence-electron chi connectivity index (χ3n) is 4.70. The van der Waals surface area contributed by atoms with Crippen LogP contribution in [0.15, 0.2) is 12.2 Å². The van der Waals surface area contributed by atoms with Crippen LogP contribution in [0.5, 0.6) is 0 Å². The van der Waals surface area contributed by atoms with Crippen molar-refractivity contribution in [2.75, 3.05) is 0 Å². The second kappa shape index (κ2) is 1.81. The molecule has 0 aromatic rings. The molecule has 1 saturated heterocycles. The minimum absolute atomic E-state index is 0.226. The molecule has 2 unspecified atom stereocenters. The largest absolute Gasteiger partial charge is 0.392 e. The van der Waals surface area contributed by atoms with Gasteiger partial charge in [0, 0.05) is 0 Å². The quantitative estimate of drug-likeness (QED) is 0.331. The first-order valence-electron chi connectivity index (χ1n) is 4.92.